The number of rotatable bonds is 8. The summed E-state index contributed by atoms with van der Waals surface area (Å²) in [5.41, 5.74) is 0.817. The predicted octanol–water partition coefficient (Wildman–Crippen LogP) is 2.41. The van der Waals surface area contributed by atoms with Gasteiger partial charge in [0.15, 0.2) is 0 Å². The predicted molar refractivity (Wildman–Crippen MR) is 70.1 cm³/mol. The minimum atomic E-state index is -1.19. The van der Waals surface area contributed by atoms with Crippen LogP contribution in [0.1, 0.15) is 38.2 Å². The molecule has 19 heavy (non-hydrogen) atoms. The molecule has 1 aromatic rings. The van der Waals surface area contributed by atoms with Crippen LogP contribution in [0.3, 0.4) is 0 Å². The maximum Gasteiger partial charge on any atom is 1.00 e. The minimum absolute atomic E-state index is 0. The SMILES string of the molecule is CCCCCCOc1ccc(/C=C/C(=O)[O-])cc1.[Ag+]. The van der Waals surface area contributed by atoms with Crippen LogP contribution in [0.4, 0.5) is 0 Å². The van der Waals surface area contributed by atoms with E-state index in [-0.39, 0.29) is 22.4 Å². The first-order valence-electron chi connectivity index (χ1n) is 6.34. The monoisotopic (exact) mass is 354 g/mol. The van der Waals surface area contributed by atoms with E-state index in [4.69, 9.17) is 4.74 Å². The van der Waals surface area contributed by atoms with Crippen molar-refractivity contribution in [2.45, 2.75) is 32.6 Å². The van der Waals surface area contributed by atoms with Crippen LogP contribution in [0, 0.1) is 0 Å². The fourth-order valence-corrected chi connectivity index (χ4v) is 1.56. The van der Waals surface area contributed by atoms with Crippen molar-refractivity contribution < 1.29 is 37.0 Å². The Kier molecular flexibility index (Phi) is 10.3. The molecule has 108 valence electrons. The molecule has 0 aliphatic heterocycles. The second kappa shape index (κ2) is 10.9. The van der Waals surface area contributed by atoms with Crippen LogP contribution in [0.15, 0.2) is 30.3 Å². The van der Waals surface area contributed by atoms with Crippen LogP contribution in [-0.2, 0) is 27.2 Å². The van der Waals surface area contributed by atoms with E-state index in [1.165, 1.54) is 25.3 Å². The molecule has 0 unspecified atom stereocenters. The molecular formula is C15H19AgO3. The Morgan fingerprint density at radius 2 is 1.89 bits per heavy atom. The molecule has 1 aromatic carbocycles. The van der Waals surface area contributed by atoms with Crippen molar-refractivity contribution in [3.63, 3.8) is 0 Å². The van der Waals surface area contributed by atoms with Crippen molar-refractivity contribution in [2.24, 2.45) is 0 Å². The van der Waals surface area contributed by atoms with E-state index >= 15 is 0 Å². The number of carbonyl (C=O) groups is 1. The normalized spacial score (nSPS) is 10.2. The van der Waals surface area contributed by atoms with Crippen LogP contribution in [0.5, 0.6) is 5.75 Å². The van der Waals surface area contributed by atoms with Crippen molar-refractivity contribution in [3.05, 3.63) is 35.9 Å². The van der Waals surface area contributed by atoms with Gasteiger partial charge in [-0.1, -0.05) is 44.4 Å². The smallest absolute Gasteiger partial charge is 0.545 e. The van der Waals surface area contributed by atoms with Crippen LogP contribution < -0.4 is 9.84 Å². The Morgan fingerprint density at radius 3 is 2.47 bits per heavy atom. The van der Waals surface area contributed by atoms with Gasteiger partial charge in [0.25, 0.3) is 0 Å². The Balaban J connectivity index is 0.00000324. The van der Waals surface area contributed by atoms with E-state index in [1.807, 2.05) is 24.3 Å². The van der Waals surface area contributed by atoms with Crippen molar-refractivity contribution in [1.82, 2.24) is 0 Å². The molecule has 0 saturated carbocycles. The van der Waals surface area contributed by atoms with Gasteiger partial charge in [0.05, 0.1) is 12.6 Å². The van der Waals surface area contributed by atoms with Crippen LogP contribution in [-0.4, -0.2) is 12.6 Å². The molecule has 0 aliphatic carbocycles. The topological polar surface area (TPSA) is 49.4 Å². The van der Waals surface area contributed by atoms with Crippen molar-refractivity contribution in [1.29, 1.82) is 0 Å². The molecule has 0 aromatic heterocycles. The van der Waals surface area contributed by atoms with Gasteiger partial charge in [-0.2, -0.15) is 0 Å². The van der Waals surface area contributed by atoms with E-state index in [0.29, 0.717) is 0 Å². The van der Waals surface area contributed by atoms with E-state index in [2.05, 4.69) is 6.92 Å². The third-order valence-corrected chi connectivity index (χ3v) is 2.56. The number of carbonyl (C=O) groups excluding carboxylic acids is 1. The zero-order valence-corrected chi connectivity index (χ0v) is 12.5. The van der Waals surface area contributed by atoms with Crippen LogP contribution in [0.25, 0.3) is 6.08 Å². The summed E-state index contributed by atoms with van der Waals surface area (Å²) in [6.07, 6.45) is 7.25. The third kappa shape index (κ3) is 8.65. The van der Waals surface area contributed by atoms with Crippen molar-refractivity contribution in [2.75, 3.05) is 6.61 Å². The van der Waals surface area contributed by atoms with Gasteiger partial charge in [-0.05, 0) is 30.2 Å². The van der Waals surface area contributed by atoms with Crippen molar-refractivity contribution >= 4 is 12.0 Å². The van der Waals surface area contributed by atoms with Crippen LogP contribution in [0.2, 0.25) is 0 Å². The molecule has 0 amide bonds. The molecular weight excluding hydrogens is 336 g/mol. The second-order valence-corrected chi connectivity index (χ2v) is 4.13. The maximum atomic E-state index is 10.2. The summed E-state index contributed by atoms with van der Waals surface area (Å²) in [7, 11) is 0. The molecule has 0 atom stereocenters. The average Bonchev–Trinajstić information content (AvgIpc) is 2.37. The molecule has 0 saturated heterocycles. The van der Waals surface area contributed by atoms with Crippen LogP contribution >= 0.6 is 0 Å². The van der Waals surface area contributed by atoms with E-state index in [1.54, 1.807) is 0 Å². The summed E-state index contributed by atoms with van der Waals surface area (Å²) in [5, 5.41) is 10.2. The summed E-state index contributed by atoms with van der Waals surface area (Å²) >= 11 is 0. The molecule has 0 bridgehead atoms. The largest absolute Gasteiger partial charge is 1.00 e. The van der Waals surface area contributed by atoms with Gasteiger partial charge in [-0.3, -0.25) is 0 Å². The number of unbranched alkanes of at least 4 members (excludes halogenated alkanes) is 3. The molecule has 0 spiro atoms. The summed E-state index contributed by atoms with van der Waals surface area (Å²) in [5.74, 6) is -0.372. The summed E-state index contributed by atoms with van der Waals surface area (Å²) in [6, 6.07) is 7.32. The van der Waals surface area contributed by atoms with E-state index in [0.717, 1.165) is 30.4 Å². The Labute approximate surface area is 130 Å². The standard InChI is InChI=1S/C15H20O3.Ag/c1-2-3-4-5-12-18-14-9-6-13(7-10-14)8-11-15(16)17;/h6-11H,2-5,12H2,1H3,(H,16,17);/q;+1/p-1/b11-8+;. The maximum absolute atomic E-state index is 10.2. The Hall–Kier alpha value is -1.03. The minimum Gasteiger partial charge on any atom is -0.545 e. The Morgan fingerprint density at radius 1 is 1.21 bits per heavy atom. The molecule has 0 N–H and O–H groups in total. The number of aliphatic carboxylic acids is 1. The zero-order chi connectivity index (χ0) is 13.2. The molecule has 0 fully saturated rings. The number of ether oxygens (including phenoxy) is 1. The molecule has 4 heteroatoms. The first-order valence-corrected chi connectivity index (χ1v) is 6.34. The summed E-state index contributed by atoms with van der Waals surface area (Å²) < 4.78 is 5.58. The fourth-order valence-electron chi connectivity index (χ4n) is 1.56. The zero-order valence-electron chi connectivity index (χ0n) is 11.0. The molecule has 0 aliphatic rings. The number of carboxylic acid groups (broad SMARTS) is 1. The molecule has 1 rings (SSSR count). The first-order chi connectivity index (χ1) is 8.72. The van der Waals surface area contributed by atoms with E-state index < -0.39 is 5.97 Å². The van der Waals surface area contributed by atoms with Gasteiger partial charge in [0.2, 0.25) is 0 Å². The summed E-state index contributed by atoms with van der Waals surface area (Å²) in [6.45, 7) is 2.91. The van der Waals surface area contributed by atoms with E-state index in [9.17, 15) is 9.90 Å². The first kappa shape index (κ1) is 18.0. The van der Waals surface area contributed by atoms with Gasteiger partial charge >= 0.3 is 22.4 Å². The second-order valence-electron chi connectivity index (χ2n) is 4.13. The molecule has 0 radical (unpaired) electrons. The Bertz CT molecular complexity index is 385. The van der Waals surface area contributed by atoms with Gasteiger partial charge in [-0.15, -0.1) is 0 Å². The van der Waals surface area contributed by atoms with Gasteiger partial charge < -0.3 is 14.6 Å². The van der Waals surface area contributed by atoms with Gasteiger partial charge in [0, 0.05) is 0 Å². The van der Waals surface area contributed by atoms with Gasteiger partial charge in [-0.25, -0.2) is 0 Å². The molecule has 3 nitrogen and oxygen atoms in total. The van der Waals surface area contributed by atoms with Gasteiger partial charge in [0.1, 0.15) is 5.75 Å². The average molecular weight is 355 g/mol. The number of benzene rings is 1. The third-order valence-electron chi connectivity index (χ3n) is 2.56. The number of carboxylic acids is 1. The summed E-state index contributed by atoms with van der Waals surface area (Å²) in [4.78, 5) is 10.2. The van der Waals surface area contributed by atoms with Crippen molar-refractivity contribution in [3.8, 4) is 5.75 Å². The number of hydrogen-bond acceptors (Lipinski definition) is 3. The molecule has 0 heterocycles. The fraction of sp³-hybridized carbons (Fsp3) is 0.400. The quantitative estimate of drug-likeness (QED) is 0.409. The number of hydrogen-bond donors (Lipinski definition) is 0.